The molecule has 3 rings (SSSR count). The van der Waals surface area contributed by atoms with Crippen LogP contribution in [0.25, 0.3) is 0 Å². The third-order valence-corrected chi connectivity index (χ3v) is 4.70. The van der Waals surface area contributed by atoms with E-state index in [9.17, 15) is 4.79 Å². The second-order valence-electron chi connectivity index (χ2n) is 5.45. The molecule has 0 unspecified atom stereocenters. The lowest BCUT2D eigenvalue weighted by atomic mass is 10.1. The van der Waals surface area contributed by atoms with Gasteiger partial charge in [0.15, 0.2) is 0 Å². The van der Waals surface area contributed by atoms with Gasteiger partial charge in [0.25, 0.3) is 5.91 Å². The predicted molar refractivity (Wildman–Crippen MR) is 75.8 cm³/mol. The lowest BCUT2D eigenvalue weighted by Gasteiger charge is -2.25. The van der Waals surface area contributed by atoms with Crippen LogP contribution < -0.4 is 0 Å². The van der Waals surface area contributed by atoms with Gasteiger partial charge >= 0.3 is 0 Å². The van der Waals surface area contributed by atoms with E-state index in [1.165, 1.54) is 12.8 Å². The molecule has 1 aromatic heterocycles. The lowest BCUT2D eigenvalue weighted by Crippen LogP contribution is -2.37. The summed E-state index contributed by atoms with van der Waals surface area (Å²) in [5.74, 6) is 0.762. The van der Waals surface area contributed by atoms with E-state index < -0.39 is 0 Å². The Morgan fingerprint density at radius 1 is 1.37 bits per heavy atom. The summed E-state index contributed by atoms with van der Waals surface area (Å²) in [7, 11) is 0. The molecule has 0 radical (unpaired) electrons. The Morgan fingerprint density at radius 3 is 2.79 bits per heavy atom. The van der Waals surface area contributed by atoms with Gasteiger partial charge in [-0.2, -0.15) is 0 Å². The Morgan fingerprint density at radius 2 is 2.11 bits per heavy atom. The second-order valence-corrected chi connectivity index (χ2v) is 6.20. The maximum atomic E-state index is 12.7. The molecule has 0 N–H and O–H groups in total. The average molecular weight is 299 g/mol. The average Bonchev–Trinajstić information content (AvgIpc) is 3.10. The van der Waals surface area contributed by atoms with Crippen molar-refractivity contribution in [3.05, 3.63) is 27.5 Å². The zero-order valence-electron chi connectivity index (χ0n) is 10.8. The zero-order valence-corrected chi connectivity index (χ0v) is 12.3. The molecular weight excluding hydrogens is 283 g/mol. The topological polar surface area (TPSA) is 33.2 Å². The highest BCUT2D eigenvalue weighted by molar-refractivity contribution is 6.33. The van der Waals surface area contributed by atoms with Gasteiger partial charge in [0.2, 0.25) is 0 Å². The fourth-order valence-electron chi connectivity index (χ4n) is 2.94. The summed E-state index contributed by atoms with van der Waals surface area (Å²) in [4.78, 5) is 18.7. The number of hydrogen-bond acceptors (Lipinski definition) is 2. The van der Waals surface area contributed by atoms with E-state index >= 15 is 0 Å². The van der Waals surface area contributed by atoms with Crippen LogP contribution in [0.3, 0.4) is 0 Å². The molecule has 3 nitrogen and oxygen atoms in total. The van der Waals surface area contributed by atoms with Crippen molar-refractivity contribution in [2.75, 3.05) is 6.54 Å². The summed E-state index contributed by atoms with van der Waals surface area (Å²) < 4.78 is 0. The number of carbonyl (C=O) groups excluding carboxylic acids is 1. The summed E-state index contributed by atoms with van der Waals surface area (Å²) in [6, 6.07) is 2.05. The van der Waals surface area contributed by atoms with E-state index in [2.05, 4.69) is 4.98 Å². The van der Waals surface area contributed by atoms with Crippen molar-refractivity contribution in [1.29, 1.82) is 0 Å². The first kappa shape index (κ1) is 13.2. The smallest absolute Gasteiger partial charge is 0.254 e. The molecule has 0 bridgehead atoms. The summed E-state index contributed by atoms with van der Waals surface area (Å²) >= 11 is 11.9. The number of hydrogen-bond donors (Lipinski definition) is 0. The van der Waals surface area contributed by atoms with E-state index in [-0.39, 0.29) is 11.1 Å². The standard InChI is InChI=1S/C14H16Cl2N2O/c1-8-10(7-12(15)17-13(8)16)14(19)18-6-2-3-11(18)9-4-5-9/h7,9,11H,2-6H2,1H3/t11-/m0/s1. The Kier molecular flexibility index (Phi) is 3.44. The maximum absolute atomic E-state index is 12.7. The van der Waals surface area contributed by atoms with Crippen LogP contribution in [0, 0.1) is 12.8 Å². The lowest BCUT2D eigenvalue weighted by molar-refractivity contribution is 0.0720. The molecule has 19 heavy (non-hydrogen) atoms. The number of rotatable bonds is 2. The van der Waals surface area contributed by atoms with Gasteiger partial charge in [-0.1, -0.05) is 23.2 Å². The van der Waals surface area contributed by atoms with Crippen LogP contribution in [0.4, 0.5) is 0 Å². The van der Waals surface area contributed by atoms with Crippen molar-refractivity contribution in [3.63, 3.8) is 0 Å². The first-order valence-corrected chi connectivity index (χ1v) is 7.47. The van der Waals surface area contributed by atoms with Crippen molar-refractivity contribution >= 4 is 29.1 Å². The molecule has 1 aliphatic heterocycles. The molecule has 0 aromatic carbocycles. The SMILES string of the molecule is Cc1c(C(=O)N2CCC[C@H]2C2CC2)cc(Cl)nc1Cl. The monoisotopic (exact) mass is 298 g/mol. The third-order valence-electron chi connectivity index (χ3n) is 4.14. The Hall–Kier alpha value is -0.800. The molecular formula is C14H16Cl2N2O. The maximum Gasteiger partial charge on any atom is 0.254 e. The molecule has 1 amide bonds. The van der Waals surface area contributed by atoms with Crippen molar-refractivity contribution in [1.82, 2.24) is 9.88 Å². The fourth-order valence-corrected chi connectivity index (χ4v) is 3.37. The van der Waals surface area contributed by atoms with Gasteiger partial charge in [-0.3, -0.25) is 4.79 Å². The third kappa shape index (κ3) is 2.46. The minimum atomic E-state index is 0.0538. The quantitative estimate of drug-likeness (QED) is 0.780. The Balaban J connectivity index is 1.91. The highest BCUT2D eigenvalue weighted by atomic mass is 35.5. The van der Waals surface area contributed by atoms with E-state index in [0.717, 1.165) is 24.9 Å². The van der Waals surface area contributed by atoms with Crippen LogP contribution in [0.15, 0.2) is 6.07 Å². The molecule has 0 spiro atoms. The number of pyridine rings is 1. The number of nitrogens with zero attached hydrogens (tertiary/aromatic N) is 2. The van der Waals surface area contributed by atoms with Crippen LogP contribution in [-0.4, -0.2) is 28.4 Å². The van der Waals surface area contributed by atoms with Gasteiger partial charge < -0.3 is 4.90 Å². The number of likely N-dealkylation sites (tertiary alicyclic amines) is 1. The molecule has 1 saturated carbocycles. The summed E-state index contributed by atoms with van der Waals surface area (Å²) in [5.41, 5.74) is 1.31. The first-order valence-electron chi connectivity index (χ1n) is 6.71. The molecule has 102 valence electrons. The molecule has 1 saturated heterocycles. The van der Waals surface area contributed by atoms with Gasteiger partial charge in [0.05, 0.1) is 0 Å². The van der Waals surface area contributed by atoms with Crippen LogP contribution in [0.2, 0.25) is 10.3 Å². The van der Waals surface area contributed by atoms with Crippen molar-refractivity contribution < 1.29 is 4.79 Å². The van der Waals surface area contributed by atoms with E-state index in [4.69, 9.17) is 23.2 Å². The first-order chi connectivity index (χ1) is 9.08. The second kappa shape index (κ2) is 4.95. The fraction of sp³-hybridized carbons (Fsp3) is 0.571. The Labute approximate surface area is 122 Å². The molecule has 1 aromatic rings. The zero-order chi connectivity index (χ0) is 13.6. The molecule has 1 aliphatic carbocycles. The van der Waals surface area contributed by atoms with Crippen LogP contribution in [0.5, 0.6) is 0 Å². The van der Waals surface area contributed by atoms with Crippen molar-refractivity contribution in [2.24, 2.45) is 5.92 Å². The minimum absolute atomic E-state index is 0.0538. The van der Waals surface area contributed by atoms with Crippen LogP contribution >= 0.6 is 23.2 Å². The normalized spacial score (nSPS) is 22.9. The molecule has 2 fully saturated rings. The molecule has 2 heterocycles. The van der Waals surface area contributed by atoms with Crippen molar-refractivity contribution in [3.8, 4) is 0 Å². The summed E-state index contributed by atoms with van der Waals surface area (Å²) in [5, 5.41) is 0.596. The van der Waals surface area contributed by atoms with Crippen LogP contribution in [-0.2, 0) is 0 Å². The number of amides is 1. The summed E-state index contributed by atoms with van der Waals surface area (Å²) in [6.07, 6.45) is 4.73. The van der Waals surface area contributed by atoms with Gasteiger partial charge in [-0.15, -0.1) is 0 Å². The molecule has 5 heteroatoms. The number of carbonyl (C=O) groups is 1. The van der Waals surface area contributed by atoms with E-state index in [1.807, 2.05) is 11.8 Å². The van der Waals surface area contributed by atoms with Gasteiger partial charge in [-0.25, -0.2) is 4.98 Å². The van der Waals surface area contributed by atoms with Crippen molar-refractivity contribution in [2.45, 2.75) is 38.6 Å². The summed E-state index contributed by atoms with van der Waals surface area (Å²) in [6.45, 7) is 2.66. The van der Waals surface area contributed by atoms with Gasteiger partial charge in [0, 0.05) is 18.2 Å². The van der Waals surface area contributed by atoms with E-state index in [1.54, 1.807) is 6.07 Å². The van der Waals surface area contributed by atoms with E-state index in [0.29, 0.717) is 22.7 Å². The highest BCUT2D eigenvalue weighted by Gasteiger charge is 2.40. The number of aromatic nitrogens is 1. The van der Waals surface area contributed by atoms with Crippen LogP contribution in [0.1, 0.15) is 41.6 Å². The Bertz CT molecular complexity index is 528. The highest BCUT2D eigenvalue weighted by Crippen LogP contribution is 2.40. The predicted octanol–water partition coefficient (Wildman–Crippen LogP) is 3.71. The van der Waals surface area contributed by atoms with Gasteiger partial charge in [0.1, 0.15) is 10.3 Å². The molecule has 1 atom stereocenters. The minimum Gasteiger partial charge on any atom is -0.335 e. The van der Waals surface area contributed by atoms with Gasteiger partial charge in [-0.05, 0) is 50.2 Å². The largest absolute Gasteiger partial charge is 0.335 e. The molecule has 2 aliphatic rings. The number of halogens is 2.